The Hall–Kier alpha value is -2.53. The molecule has 2 aromatic rings. The molecular weight excluding hydrogens is 322 g/mol. The van der Waals surface area contributed by atoms with E-state index < -0.39 is 5.82 Å². The fourth-order valence-corrected chi connectivity index (χ4v) is 2.84. The van der Waals surface area contributed by atoms with E-state index in [9.17, 15) is 13.6 Å². The largest absolute Gasteiger partial charge is 0.375 e. The average molecular weight is 342 g/mol. The predicted octanol–water partition coefficient (Wildman–Crippen LogP) is 3.48. The molecule has 0 atom stereocenters. The van der Waals surface area contributed by atoms with Gasteiger partial charge in [0.1, 0.15) is 11.6 Å². The first-order chi connectivity index (χ1) is 12.1. The quantitative estimate of drug-likeness (QED) is 0.614. The van der Waals surface area contributed by atoms with Crippen molar-refractivity contribution in [2.24, 2.45) is 0 Å². The summed E-state index contributed by atoms with van der Waals surface area (Å²) in [6.45, 7) is 4.09. The molecule has 0 unspecified atom stereocenters. The van der Waals surface area contributed by atoms with Crippen molar-refractivity contribution in [3.63, 3.8) is 0 Å². The first-order valence-corrected chi connectivity index (χ1v) is 8.30. The van der Waals surface area contributed by atoms with Crippen molar-refractivity contribution in [3.8, 4) is 0 Å². The SMILES string of the molecule is O=C(/C=C/N1CCN(Cc2ccc(F)cc2)CC1)c1ccccc1F. The molecule has 0 radical (unpaired) electrons. The first-order valence-electron chi connectivity index (χ1n) is 8.30. The van der Waals surface area contributed by atoms with Gasteiger partial charge in [-0.3, -0.25) is 9.69 Å². The minimum absolute atomic E-state index is 0.0914. The topological polar surface area (TPSA) is 23.6 Å². The maximum Gasteiger partial charge on any atom is 0.190 e. The van der Waals surface area contributed by atoms with E-state index in [-0.39, 0.29) is 17.2 Å². The third-order valence-electron chi connectivity index (χ3n) is 4.30. The second-order valence-electron chi connectivity index (χ2n) is 6.10. The lowest BCUT2D eigenvalue weighted by molar-refractivity contribution is 0.103. The van der Waals surface area contributed by atoms with Crippen LogP contribution in [-0.2, 0) is 6.54 Å². The van der Waals surface area contributed by atoms with E-state index in [1.807, 2.05) is 0 Å². The van der Waals surface area contributed by atoms with Crippen molar-refractivity contribution >= 4 is 5.78 Å². The molecule has 25 heavy (non-hydrogen) atoms. The van der Waals surface area contributed by atoms with E-state index in [2.05, 4.69) is 9.80 Å². The number of piperazine rings is 1. The summed E-state index contributed by atoms with van der Waals surface area (Å²) in [6, 6.07) is 12.5. The van der Waals surface area contributed by atoms with Gasteiger partial charge in [-0.15, -0.1) is 0 Å². The fraction of sp³-hybridized carbons (Fsp3) is 0.250. The Morgan fingerprint density at radius 3 is 2.32 bits per heavy atom. The highest BCUT2D eigenvalue weighted by molar-refractivity contribution is 6.04. The van der Waals surface area contributed by atoms with Crippen LogP contribution in [0.1, 0.15) is 15.9 Å². The maximum absolute atomic E-state index is 13.6. The molecule has 0 saturated carbocycles. The zero-order chi connectivity index (χ0) is 17.6. The van der Waals surface area contributed by atoms with Gasteiger partial charge in [-0.05, 0) is 29.8 Å². The molecule has 1 aliphatic heterocycles. The van der Waals surface area contributed by atoms with Crippen LogP contribution in [0.25, 0.3) is 0 Å². The molecule has 3 nitrogen and oxygen atoms in total. The average Bonchev–Trinajstić information content (AvgIpc) is 2.63. The molecular formula is C20H20F2N2O. The molecule has 0 aromatic heterocycles. The number of ketones is 1. The zero-order valence-electron chi connectivity index (χ0n) is 13.9. The van der Waals surface area contributed by atoms with Crippen LogP contribution < -0.4 is 0 Å². The Labute approximate surface area is 146 Å². The lowest BCUT2D eigenvalue weighted by Crippen LogP contribution is -2.43. The van der Waals surface area contributed by atoms with Gasteiger partial charge < -0.3 is 4.90 Å². The van der Waals surface area contributed by atoms with Crippen molar-refractivity contribution in [2.45, 2.75) is 6.54 Å². The molecule has 0 aliphatic carbocycles. The molecule has 3 rings (SSSR count). The molecule has 1 fully saturated rings. The van der Waals surface area contributed by atoms with Crippen molar-refractivity contribution in [1.29, 1.82) is 0 Å². The normalized spacial score (nSPS) is 15.7. The molecule has 0 bridgehead atoms. The smallest absolute Gasteiger partial charge is 0.190 e. The second kappa shape index (κ2) is 8.03. The van der Waals surface area contributed by atoms with E-state index >= 15 is 0 Å². The summed E-state index contributed by atoms with van der Waals surface area (Å²) < 4.78 is 26.5. The summed E-state index contributed by atoms with van der Waals surface area (Å²) in [7, 11) is 0. The molecule has 130 valence electrons. The predicted molar refractivity (Wildman–Crippen MR) is 93.1 cm³/mol. The number of hydrogen-bond acceptors (Lipinski definition) is 3. The number of benzene rings is 2. The van der Waals surface area contributed by atoms with Crippen molar-refractivity contribution < 1.29 is 13.6 Å². The van der Waals surface area contributed by atoms with Gasteiger partial charge in [-0.1, -0.05) is 24.3 Å². The lowest BCUT2D eigenvalue weighted by atomic mass is 10.1. The molecule has 1 saturated heterocycles. The highest BCUT2D eigenvalue weighted by Gasteiger charge is 2.15. The molecule has 0 N–H and O–H groups in total. The maximum atomic E-state index is 13.6. The number of nitrogens with zero attached hydrogens (tertiary/aromatic N) is 2. The molecule has 2 aromatic carbocycles. The molecule has 1 aliphatic rings. The Morgan fingerprint density at radius 2 is 1.64 bits per heavy atom. The van der Waals surface area contributed by atoms with Crippen molar-refractivity contribution in [1.82, 2.24) is 9.80 Å². The molecule has 0 spiro atoms. The van der Waals surface area contributed by atoms with Crippen LogP contribution in [-0.4, -0.2) is 41.8 Å². The van der Waals surface area contributed by atoms with Gasteiger partial charge in [0.15, 0.2) is 5.78 Å². The van der Waals surface area contributed by atoms with Gasteiger partial charge in [0, 0.05) is 45.0 Å². The van der Waals surface area contributed by atoms with E-state index in [1.165, 1.54) is 30.3 Å². The van der Waals surface area contributed by atoms with Crippen LogP contribution in [0.2, 0.25) is 0 Å². The Morgan fingerprint density at radius 1 is 0.960 bits per heavy atom. The Kier molecular flexibility index (Phi) is 5.56. The number of carbonyl (C=O) groups excluding carboxylic acids is 1. The van der Waals surface area contributed by atoms with E-state index in [0.29, 0.717) is 0 Å². The molecule has 0 amide bonds. The Balaban J connectivity index is 1.50. The number of rotatable bonds is 5. The Bertz CT molecular complexity index is 751. The highest BCUT2D eigenvalue weighted by Crippen LogP contribution is 2.11. The highest BCUT2D eigenvalue weighted by atomic mass is 19.1. The fourth-order valence-electron chi connectivity index (χ4n) is 2.84. The minimum atomic E-state index is -0.499. The number of allylic oxidation sites excluding steroid dienone is 1. The molecule has 5 heteroatoms. The van der Waals surface area contributed by atoms with Crippen molar-refractivity contribution in [3.05, 3.63) is 83.6 Å². The van der Waals surface area contributed by atoms with E-state index in [4.69, 9.17) is 0 Å². The standard InChI is InChI=1S/C20H20F2N2O/c21-17-7-5-16(6-8-17)15-24-13-11-23(12-14-24)10-9-20(25)18-3-1-2-4-19(18)22/h1-10H,11-15H2/b10-9+. The third kappa shape index (κ3) is 4.73. The van der Waals surface area contributed by atoms with Crippen LogP contribution in [0.5, 0.6) is 0 Å². The number of halogens is 2. The second-order valence-corrected chi connectivity index (χ2v) is 6.10. The summed E-state index contributed by atoms with van der Waals surface area (Å²) in [4.78, 5) is 16.4. The minimum Gasteiger partial charge on any atom is -0.375 e. The van der Waals surface area contributed by atoms with Crippen LogP contribution in [0.3, 0.4) is 0 Å². The van der Waals surface area contributed by atoms with Gasteiger partial charge in [0.05, 0.1) is 5.56 Å². The van der Waals surface area contributed by atoms with Gasteiger partial charge in [-0.2, -0.15) is 0 Å². The van der Waals surface area contributed by atoms with Crippen LogP contribution >= 0.6 is 0 Å². The van der Waals surface area contributed by atoms with Gasteiger partial charge in [-0.25, -0.2) is 8.78 Å². The lowest BCUT2D eigenvalue weighted by Gasteiger charge is -2.34. The summed E-state index contributed by atoms with van der Waals surface area (Å²) in [5, 5.41) is 0. The van der Waals surface area contributed by atoms with Gasteiger partial charge >= 0.3 is 0 Å². The van der Waals surface area contributed by atoms with Crippen LogP contribution in [0.4, 0.5) is 8.78 Å². The third-order valence-corrected chi connectivity index (χ3v) is 4.30. The summed E-state index contributed by atoms with van der Waals surface area (Å²) in [6.07, 6.45) is 3.16. The van der Waals surface area contributed by atoms with Gasteiger partial charge in [0.2, 0.25) is 0 Å². The van der Waals surface area contributed by atoms with E-state index in [1.54, 1.807) is 30.5 Å². The number of hydrogen-bond donors (Lipinski definition) is 0. The van der Waals surface area contributed by atoms with Crippen LogP contribution in [0, 0.1) is 11.6 Å². The monoisotopic (exact) mass is 342 g/mol. The molecule has 1 heterocycles. The van der Waals surface area contributed by atoms with E-state index in [0.717, 1.165) is 38.3 Å². The summed E-state index contributed by atoms with van der Waals surface area (Å²) in [5.41, 5.74) is 1.17. The zero-order valence-corrected chi connectivity index (χ0v) is 13.9. The van der Waals surface area contributed by atoms with Crippen LogP contribution in [0.15, 0.2) is 60.8 Å². The number of carbonyl (C=O) groups is 1. The summed E-state index contributed by atoms with van der Waals surface area (Å²) in [5.74, 6) is -1.05. The van der Waals surface area contributed by atoms with Crippen molar-refractivity contribution in [2.75, 3.05) is 26.2 Å². The van der Waals surface area contributed by atoms with Gasteiger partial charge in [0.25, 0.3) is 0 Å². The summed E-state index contributed by atoms with van der Waals surface area (Å²) >= 11 is 0. The first kappa shape index (κ1) is 17.3.